The number of hydrogen-bond acceptors (Lipinski definition) is 2. The fourth-order valence-corrected chi connectivity index (χ4v) is 2.87. The van der Waals surface area contributed by atoms with Gasteiger partial charge >= 0.3 is 0 Å². The van der Waals surface area contributed by atoms with E-state index >= 15 is 0 Å². The van der Waals surface area contributed by atoms with Crippen LogP contribution in [-0.2, 0) is 0 Å². The van der Waals surface area contributed by atoms with Gasteiger partial charge < -0.3 is 0 Å². The van der Waals surface area contributed by atoms with Crippen molar-refractivity contribution in [3.8, 4) is 10.6 Å². The highest BCUT2D eigenvalue weighted by Crippen LogP contribution is 2.32. The van der Waals surface area contributed by atoms with Crippen LogP contribution < -0.4 is 0 Å². The first-order valence-electron chi connectivity index (χ1n) is 4.63. The Balaban J connectivity index is 2.29. The average Bonchev–Trinajstić information content (AvgIpc) is 2.84. The number of imidazole rings is 1. The molecule has 0 N–H and O–H groups in total. The van der Waals surface area contributed by atoms with Gasteiger partial charge in [0.15, 0.2) is 5.65 Å². The molecule has 0 unspecified atom stereocenters. The Labute approximate surface area is 106 Å². The Hall–Kier alpha value is -1.03. The molecule has 0 aromatic carbocycles. The zero-order valence-corrected chi connectivity index (χ0v) is 10.4. The molecule has 3 aromatic rings. The van der Waals surface area contributed by atoms with Crippen molar-refractivity contribution in [3.63, 3.8) is 0 Å². The predicted octanol–water partition coefficient (Wildman–Crippen LogP) is 4.37. The van der Waals surface area contributed by atoms with E-state index in [-0.39, 0.29) is 0 Å². The van der Waals surface area contributed by atoms with Crippen LogP contribution in [0.1, 0.15) is 0 Å². The second kappa shape index (κ2) is 3.77. The summed E-state index contributed by atoms with van der Waals surface area (Å²) in [6.45, 7) is 0. The van der Waals surface area contributed by atoms with E-state index in [0.29, 0.717) is 5.02 Å². The molecule has 0 saturated heterocycles. The number of fused-ring (bicyclic) bond motifs is 1. The first-order valence-corrected chi connectivity index (χ1v) is 6.20. The van der Waals surface area contributed by atoms with Crippen LogP contribution in [0.3, 0.4) is 0 Å². The van der Waals surface area contributed by atoms with Crippen LogP contribution in [0.25, 0.3) is 16.2 Å². The lowest BCUT2D eigenvalue weighted by atomic mass is 10.3. The highest BCUT2D eigenvalue weighted by atomic mass is 35.5. The summed E-state index contributed by atoms with van der Waals surface area (Å²) in [4.78, 5) is 5.38. The lowest BCUT2D eigenvalue weighted by Gasteiger charge is -1.99. The first-order chi connectivity index (χ1) is 7.75. The number of aromatic nitrogens is 2. The van der Waals surface area contributed by atoms with Crippen molar-refractivity contribution in [2.75, 3.05) is 0 Å². The molecule has 16 heavy (non-hydrogen) atoms. The molecular weight excluding hydrogens is 263 g/mol. The lowest BCUT2D eigenvalue weighted by molar-refractivity contribution is 1.20. The maximum absolute atomic E-state index is 6.06. The zero-order valence-electron chi connectivity index (χ0n) is 8.02. The van der Waals surface area contributed by atoms with Crippen LogP contribution in [0.4, 0.5) is 0 Å². The van der Waals surface area contributed by atoms with Gasteiger partial charge in [-0.1, -0.05) is 23.2 Å². The summed E-state index contributed by atoms with van der Waals surface area (Å²) in [5.41, 5.74) is 1.78. The third-order valence-corrected chi connectivity index (χ3v) is 3.86. The van der Waals surface area contributed by atoms with Crippen molar-refractivity contribution in [1.82, 2.24) is 9.38 Å². The maximum Gasteiger partial charge on any atom is 0.156 e. The molecule has 0 atom stereocenters. The molecule has 0 fully saturated rings. The molecule has 5 heteroatoms. The molecule has 0 radical (unpaired) electrons. The monoisotopic (exact) mass is 268 g/mol. The van der Waals surface area contributed by atoms with Gasteiger partial charge in [-0.2, -0.15) is 0 Å². The van der Waals surface area contributed by atoms with Gasteiger partial charge in [0.25, 0.3) is 0 Å². The number of nitrogens with zero attached hydrogens (tertiary/aromatic N) is 2. The smallest absolute Gasteiger partial charge is 0.156 e. The fraction of sp³-hybridized carbons (Fsp3) is 0. The number of rotatable bonds is 1. The van der Waals surface area contributed by atoms with Crippen LogP contribution in [0.5, 0.6) is 0 Å². The summed E-state index contributed by atoms with van der Waals surface area (Å²) in [5, 5.41) is 0.649. The van der Waals surface area contributed by atoms with Crippen LogP contribution >= 0.6 is 34.5 Å². The minimum absolute atomic E-state index is 0.649. The third kappa shape index (κ3) is 1.52. The minimum atomic E-state index is 0.649. The molecule has 2 nitrogen and oxygen atoms in total. The average molecular weight is 269 g/mol. The Bertz CT molecular complexity index is 657. The second-order valence-electron chi connectivity index (χ2n) is 3.30. The fourth-order valence-electron chi connectivity index (χ4n) is 1.61. The minimum Gasteiger partial charge on any atom is -0.298 e. The molecule has 0 aliphatic carbocycles. The molecule has 0 aliphatic heterocycles. The molecular formula is C11H6Cl2N2S. The van der Waals surface area contributed by atoms with E-state index in [1.165, 1.54) is 11.3 Å². The van der Waals surface area contributed by atoms with Crippen LogP contribution in [0.15, 0.2) is 36.7 Å². The summed E-state index contributed by atoms with van der Waals surface area (Å²) < 4.78 is 2.73. The summed E-state index contributed by atoms with van der Waals surface area (Å²) in [5.74, 6) is 0. The summed E-state index contributed by atoms with van der Waals surface area (Å²) in [6, 6.07) is 7.59. The van der Waals surface area contributed by atoms with Crippen LogP contribution in [0.2, 0.25) is 9.36 Å². The van der Waals surface area contributed by atoms with Crippen molar-refractivity contribution in [3.05, 3.63) is 46.0 Å². The van der Waals surface area contributed by atoms with Crippen molar-refractivity contribution in [2.45, 2.75) is 0 Å². The van der Waals surface area contributed by atoms with E-state index in [2.05, 4.69) is 4.98 Å². The van der Waals surface area contributed by atoms with Crippen molar-refractivity contribution >= 4 is 40.2 Å². The molecule has 0 saturated carbocycles. The molecule has 3 heterocycles. The van der Waals surface area contributed by atoms with Gasteiger partial charge in [-0.3, -0.25) is 4.40 Å². The lowest BCUT2D eigenvalue weighted by Crippen LogP contribution is -1.85. The topological polar surface area (TPSA) is 17.3 Å². The van der Waals surface area contributed by atoms with Crippen molar-refractivity contribution in [2.24, 2.45) is 0 Å². The number of pyridine rings is 1. The molecule has 0 amide bonds. The SMILES string of the molecule is Clc1ccc(-c2cnc3c(Cl)cccn23)s1. The zero-order chi connectivity index (χ0) is 11.1. The first kappa shape index (κ1) is 10.1. The Morgan fingerprint density at radius 1 is 1.19 bits per heavy atom. The van der Waals surface area contributed by atoms with E-state index in [0.717, 1.165) is 20.6 Å². The van der Waals surface area contributed by atoms with E-state index < -0.39 is 0 Å². The van der Waals surface area contributed by atoms with Gasteiger partial charge in [-0.15, -0.1) is 11.3 Å². The second-order valence-corrected chi connectivity index (χ2v) is 5.42. The Kier molecular flexibility index (Phi) is 2.39. The van der Waals surface area contributed by atoms with Gasteiger partial charge in [-0.25, -0.2) is 4.98 Å². The molecule has 0 aliphatic rings. The van der Waals surface area contributed by atoms with Gasteiger partial charge in [0.05, 0.1) is 26.1 Å². The predicted molar refractivity (Wildman–Crippen MR) is 68.5 cm³/mol. The molecule has 80 valence electrons. The van der Waals surface area contributed by atoms with Gasteiger partial charge in [0.2, 0.25) is 0 Å². The summed E-state index contributed by atoms with van der Waals surface area (Å²) in [7, 11) is 0. The number of halogens is 2. The molecule has 3 aromatic heterocycles. The highest BCUT2D eigenvalue weighted by molar-refractivity contribution is 7.19. The van der Waals surface area contributed by atoms with Gasteiger partial charge in [0.1, 0.15) is 0 Å². The van der Waals surface area contributed by atoms with Crippen LogP contribution in [0, 0.1) is 0 Å². The highest BCUT2D eigenvalue weighted by Gasteiger charge is 2.09. The molecule has 0 spiro atoms. The Morgan fingerprint density at radius 2 is 2.06 bits per heavy atom. The van der Waals surface area contributed by atoms with E-state index in [4.69, 9.17) is 23.2 Å². The quantitative estimate of drug-likeness (QED) is 0.641. The van der Waals surface area contributed by atoms with E-state index in [1.807, 2.05) is 41.1 Å². The summed E-state index contributed by atoms with van der Waals surface area (Å²) >= 11 is 13.5. The largest absolute Gasteiger partial charge is 0.298 e. The maximum atomic E-state index is 6.06. The van der Waals surface area contributed by atoms with Crippen LogP contribution in [-0.4, -0.2) is 9.38 Å². The summed E-state index contributed by atoms with van der Waals surface area (Å²) in [6.07, 6.45) is 3.75. The third-order valence-electron chi connectivity index (χ3n) is 2.31. The normalized spacial score (nSPS) is 11.1. The molecule has 0 bridgehead atoms. The van der Waals surface area contributed by atoms with E-state index in [9.17, 15) is 0 Å². The van der Waals surface area contributed by atoms with Crippen molar-refractivity contribution in [1.29, 1.82) is 0 Å². The Morgan fingerprint density at radius 3 is 2.81 bits per heavy atom. The van der Waals surface area contributed by atoms with Gasteiger partial charge in [0, 0.05) is 6.20 Å². The molecule has 3 rings (SSSR count). The standard InChI is InChI=1S/C11H6Cl2N2S/c12-7-2-1-5-15-8(6-14-11(7)15)9-3-4-10(13)16-9/h1-6H. The number of thiophene rings is 1. The van der Waals surface area contributed by atoms with Gasteiger partial charge in [-0.05, 0) is 24.3 Å². The van der Waals surface area contributed by atoms with Crippen molar-refractivity contribution < 1.29 is 0 Å². The van der Waals surface area contributed by atoms with E-state index in [1.54, 1.807) is 0 Å². The number of hydrogen-bond donors (Lipinski definition) is 0.